The van der Waals surface area contributed by atoms with Gasteiger partial charge in [-0.2, -0.15) is 0 Å². The van der Waals surface area contributed by atoms with Gasteiger partial charge in [-0.15, -0.1) is 0 Å². The number of hydrogen-bond donors (Lipinski definition) is 1. The summed E-state index contributed by atoms with van der Waals surface area (Å²) >= 11 is 6.98. The fourth-order valence-electron chi connectivity index (χ4n) is 6.35. The predicted molar refractivity (Wildman–Crippen MR) is 229 cm³/mol. The van der Waals surface area contributed by atoms with Crippen molar-refractivity contribution in [3.63, 3.8) is 0 Å². The summed E-state index contributed by atoms with van der Waals surface area (Å²) in [6, 6.07) is 35.8. The topological polar surface area (TPSA) is 103 Å². The summed E-state index contributed by atoms with van der Waals surface area (Å²) in [5, 5.41) is 3.05. The van der Waals surface area contributed by atoms with Crippen LogP contribution in [-0.4, -0.2) is 39.5 Å². The van der Waals surface area contributed by atoms with Crippen molar-refractivity contribution in [3.05, 3.63) is 175 Å². The zero-order chi connectivity index (χ0) is 40.5. The van der Waals surface area contributed by atoms with Crippen molar-refractivity contribution in [1.82, 2.24) is 20.2 Å². The highest BCUT2D eigenvalue weighted by Crippen LogP contribution is 2.32. The van der Waals surface area contributed by atoms with Gasteiger partial charge in [0.25, 0.3) is 11.8 Å². The average molecular weight is 893 g/mol. The number of aryl methyl sites for hydroxylation is 4. The molecule has 0 aliphatic carbocycles. The van der Waals surface area contributed by atoms with Crippen LogP contribution >= 0.6 is 31.9 Å². The van der Waals surface area contributed by atoms with Gasteiger partial charge in [-0.25, -0.2) is 9.97 Å². The minimum atomic E-state index is -0.662. The summed E-state index contributed by atoms with van der Waals surface area (Å²) in [5.41, 5.74) is 6.82. The van der Waals surface area contributed by atoms with Crippen molar-refractivity contribution in [2.75, 3.05) is 6.61 Å². The Kier molecular flexibility index (Phi) is 13.8. The fourth-order valence-corrected chi connectivity index (χ4v) is 7.10. The lowest BCUT2D eigenvalue weighted by Crippen LogP contribution is -2.41. The van der Waals surface area contributed by atoms with Crippen molar-refractivity contribution >= 4 is 43.7 Å². The van der Waals surface area contributed by atoms with Gasteiger partial charge in [-0.1, -0.05) is 74.3 Å². The minimum absolute atomic E-state index is 0.139. The molecule has 0 bridgehead atoms. The Morgan fingerprint density at radius 2 is 1.30 bits per heavy atom. The number of halogens is 2. The number of carbonyl (C=O) groups excluding carboxylic acids is 2. The molecule has 11 heteroatoms. The maximum Gasteiger partial charge on any atom is 0.257 e. The van der Waals surface area contributed by atoms with E-state index in [9.17, 15) is 9.59 Å². The number of rotatable bonds is 15. The Morgan fingerprint density at radius 3 is 1.95 bits per heavy atom. The van der Waals surface area contributed by atoms with E-state index in [1.807, 2.05) is 138 Å². The number of nitrogens with zero attached hydrogens (tertiary/aromatic N) is 3. The highest BCUT2D eigenvalue weighted by Gasteiger charge is 2.27. The first kappa shape index (κ1) is 41.1. The molecule has 0 radical (unpaired) electrons. The van der Waals surface area contributed by atoms with Crippen molar-refractivity contribution in [2.24, 2.45) is 0 Å². The minimum Gasteiger partial charge on any atom is -0.493 e. The lowest BCUT2D eigenvalue weighted by atomic mass is 10.1. The van der Waals surface area contributed by atoms with Gasteiger partial charge in [-0.05, 0) is 124 Å². The van der Waals surface area contributed by atoms with Crippen LogP contribution in [0.5, 0.6) is 23.3 Å². The Hall–Kier alpha value is -5.52. The third-order valence-corrected chi connectivity index (χ3v) is 10.3. The lowest BCUT2D eigenvalue weighted by molar-refractivity contribution is 0.0253. The van der Waals surface area contributed by atoms with E-state index in [0.29, 0.717) is 52.8 Å². The zero-order valence-electron chi connectivity index (χ0n) is 32.5. The van der Waals surface area contributed by atoms with Gasteiger partial charge in [0.1, 0.15) is 11.5 Å². The molecule has 0 unspecified atom stereocenters. The fraction of sp³-hybridized carbons (Fsp3) is 0.217. The van der Waals surface area contributed by atoms with Crippen molar-refractivity contribution in [2.45, 2.75) is 60.4 Å². The molecule has 1 atom stereocenters. The molecule has 57 heavy (non-hydrogen) atoms. The molecular formula is C46H44Br2N4O5. The van der Waals surface area contributed by atoms with E-state index in [-0.39, 0.29) is 24.9 Å². The lowest BCUT2D eigenvalue weighted by Gasteiger charge is -2.31. The zero-order valence-corrected chi connectivity index (χ0v) is 35.7. The molecule has 9 nitrogen and oxygen atoms in total. The molecule has 292 valence electrons. The maximum absolute atomic E-state index is 14.1. The number of benzene rings is 4. The monoisotopic (exact) mass is 890 g/mol. The molecule has 0 saturated heterocycles. The molecule has 0 aliphatic heterocycles. The Bertz CT molecular complexity index is 2350. The average Bonchev–Trinajstić information content (AvgIpc) is 3.17. The van der Waals surface area contributed by atoms with Gasteiger partial charge in [-0.3, -0.25) is 14.5 Å². The van der Waals surface area contributed by atoms with E-state index in [2.05, 4.69) is 37.2 Å². The second-order valence-electron chi connectivity index (χ2n) is 13.7. The maximum atomic E-state index is 14.1. The van der Waals surface area contributed by atoms with Crippen molar-refractivity contribution in [3.8, 4) is 23.3 Å². The normalized spacial score (nSPS) is 11.4. The van der Waals surface area contributed by atoms with Crippen LogP contribution < -0.4 is 19.5 Å². The van der Waals surface area contributed by atoms with E-state index >= 15 is 0 Å². The summed E-state index contributed by atoms with van der Waals surface area (Å²) in [6.45, 7) is 10.4. The molecule has 2 aromatic heterocycles. The number of aromatic nitrogens is 2. The summed E-state index contributed by atoms with van der Waals surface area (Å²) in [4.78, 5) is 38.8. The molecule has 1 N–H and O–H groups in total. The Balaban J connectivity index is 1.21. The number of carbonyl (C=O) groups is 2. The second-order valence-corrected chi connectivity index (χ2v) is 15.6. The first-order chi connectivity index (χ1) is 27.4. The van der Waals surface area contributed by atoms with Crippen LogP contribution in [0.3, 0.4) is 0 Å². The molecule has 2 amide bonds. The second kappa shape index (κ2) is 19.1. The first-order valence-corrected chi connectivity index (χ1v) is 20.2. The van der Waals surface area contributed by atoms with E-state index in [1.165, 1.54) is 0 Å². The third-order valence-electron chi connectivity index (χ3n) is 9.32. The molecule has 0 spiro atoms. The summed E-state index contributed by atoms with van der Waals surface area (Å²) in [5.74, 6) is 1.62. The number of hydrogen-bond acceptors (Lipinski definition) is 7. The van der Waals surface area contributed by atoms with Crippen molar-refractivity contribution < 1.29 is 23.8 Å². The van der Waals surface area contributed by atoms with Crippen LogP contribution in [-0.2, 0) is 19.5 Å². The highest BCUT2D eigenvalue weighted by molar-refractivity contribution is 9.10. The molecule has 0 fully saturated rings. The summed E-state index contributed by atoms with van der Waals surface area (Å²) in [6.07, 6.45) is 0.0393. The van der Waals surface area contributed by atoms with Crippen LogP contribution in [0.2, 0.25) is 0 Å². The number of nitrogens with one attached hydrogen (secondary N) is 1. The Morgan fingerprint density at radius 1 is 0.702 bits per heavy atom. The van der Waals surface area contributed by atoms with Crippen LogP contribution in [0, 0.1) is 27.7 Å². The van der Waals surface area contributed by atoms with E-state index in [4.69, 9.17) is 24.2 Å². The van der Waals surface area contributed by atoms with Gasteiger partial charge in [0.15, 0.2) is 6.23 Å². The van der Waals surface area contributed by atoms with Crippen LogP contribution in [0.4, 0.5) is 0 Å². The molecule has 0 saturated carbocycles. The molecule has 6 rings (SSSR count). The number of ether oxygens (including phenoxy) is 3. The first-order valence-electron chi connectivity index (χ1n) is 18.6. The van der Waals surface area contributed by atoms with Gasteiger partial charge in [0.2, 0.25) is 11.8 Å². The number of pyridine rings is 2. The molecular weight excluding hydrogens is 848 g/mol. The van der Waals surface area contributed by atoms with Crippen molar-refractivity contribution in [1.29, 1.82) is 0 Å². The van der Waals surface area contributed by atoms with Crippen LogP contribution in [0.1, 0.15) is 66.8 Å². The molecule has 6 aromatic rings. The smallest absolute Gasteiger partial charge is 0.257 e. The molecule has 0 aliphatic rings. The van der Waals surface area contributed by atoms with Crippen LogP contribution in [0.25, 0.3) is 0 Å². The van der Waals surface area contributed by atoms with Gasteiger partial charge in [0, 0.05) is 55.6 Å². The Labute approximate surface area is 350 Å². The van der Waals surface area contributed by atoms with Crippen LogP contribution in [0.15, 0.2) is 124 Å². The van der Waals surface area contributed by atoms with Gasteiger partial charge < -0.3 is 19.5 Å². The summed E-state index contributed by atoms with van der Waals surface area (Å²) in [7, 11) is 0. The van der Waals surface area contributed by atoms with E-state index in [1.54, 1.807) is 17.0 Å². The largest absolute Gasteiger partial charge is 0.493 e. The molecule has 4 aromatic carbocycles. The predicted octanol–water partition coefficient (Wildman–Crippen LogP) is 10.6. The number of amides is 2. The van der Waals surface area contributed by atoms with E-state index in [0.717, 1.165) is 42.8 Å². The highest BCUT2D eigenvalue weighted by atomic mass is 79.9. The molecule has 2 heterocycles. The quantitative estimate of drug-likeness (QED) is 0.102. The standard InChI is InChI=1S/C46H44Br2N4O5/c1-29-23-31(3)50-44(41(29)27-49-43(53)35-19-17-34(18-20-35)21-22-55-39-15-9-13-37(47)25-39)57-45-42(30(2)24-32(4)51-45)28-52(46(54)36-11-7-6-8-12-36)33(5)56-40-16-10-14-38(48)26-40/h6-20,23-26,33H,21-22,27-28H2,1-5H3,(H,49,53)/t33-/m0/s1. The SMILES string of the molecule is Cc1cc(C)c(CNC(=O)c2ccc(CCOc3cccc(Br)c3)cc2)c(Oc2nc(C)cc(C)c2CN(C(=O)c2ccccc2)[C@H](C)Oc2cccc(Br)c2)n1. The van der Waals surface area contributed by atoms with E-state index < -0.39 is 6.23 Å². The summed E-state index contributed by atoms with van der Waals surface area (Å²) < 4.78 is 20.7. The van der Waals surface area contributed by atoms with Gasteiger partial charge in [0.05, 0.1) is 13.2 Å². The third kappa shape index (κ3) is 11.1. The van der Waals surface area contributed by atoms with Gasteiger partial charge >= 0.3 is 0 Å².